The van der Waals surface area contributed by atoms with Crippen molar-refractivity contribution in [1.82, 2.24) is 10.3 Å². The smallest absolute Gasteiger partial charge is 0.0705 e. The summed E-state index contributed by atoms with van der Waals surface area (Å²) >= 11 is 0. The third-order valence-corrected chi connectivity index (χ3v) is 4.17. The third-order valence-electron chi connectivity index (χ3n) is 4.17. The molecule has 0 amide bonds. The quantitative estimate of drug-likeness (QED) is 0.865. The van der Waals surface area contributed by atoms with E-state index in [1.165, 1.54) is 24.6 Å². The zero-order valence-corrected chi connectivity index (χ0v) is 10.9. The van der Waals surface area contributed by atoms with Gasteiger partial charge < -0.3 is 5.32 Å². The van der Waals surface area contributed by atoms with Crippen molar-refractivity contribution in [2.24, 2.45) is 5.41 Å². The minimum Gasteiger partial charge on any atom is -0.311 e. The molecule has 18 heavy (non-hydrogen) atoms. The van der Waals surface area contributed by atoms with Gasteiger partial charge in [0.05, 0.1) is 11.2 Å². The van der Waals surface area contributed by atoms with E-state index in [-0.39, 0.29) is 0 Å². The standard InChI is InChI=1S/C16H20N2/c1-2-16(9-10-16)12-17-11-14-8-7-13-5-3-4-6-15(13)18-14/h3-8,17H,2,9-12H2,1H3. The second-order valence-corrected chi connectivity index (χ2v) is 5.45. The maximum Gasteiger partial charge on any atom is 0.0705 e. The van der Waals surface area contributed by atoms with Crippen molar-refractivity contribution in [1.29, 1.82) is 0 Å². The highest BCUT2D eigenvalue weighted by molar-refractivity contribution is 5.78. The number of para-hydroxylation sites is 1. The molecule has 0 aliphatic heterocycles. The molecule has 0 bridgehead atoms. The Morgan fingerprint density at radius 3 is 2.78 bits per heavy atom. The minimum absolute atomic E-state index is 0.608. The van der Waals surface area contributed by atoms with E-state index in [9.17, 15) is 0 Å². The summed E-state index contributed by atoms with van der Waals surface area (Å²) in [5, 5.41) is 4.77. The Morgan fingerprint density at radius 1 is 1.17 bits per heavy atom. The van der Waals surface area contributed by atoms with Crippen molar-refractivity contribution in [3.63, 3.8) is 0 Å². The molecule has 0 unspecified atom stereocenters. The molecule has 0 atom stereocenters. The van der Waals surface area contributed by atoms with E-state index in [4.69, 9.17) is 0 Å². The fourth-order valence-electron chi connectivity index (χ4n) is 2.49. The van der Waals surface area contributed by atoms with Gasteiger partial charge in [0, 0.05) is 18.5 Å². The number of nitrogens with zero attached hydrogens (tertiary/aromatic N) is 1. The van der Waals surface area contributed by atoms with Crippen LogP contribution in [0.25, 0.3) is 10.9 Å². The first-order chi connectivity index (χ1) is 8.81. The number of pyridine rings is 1. The highest BCUT2D eigenvalue weighted by Gasteiger charge is 2.39. The topological polar surface area (TPSA) is 24.9 Å². The van der Waals surface area contributed by atoms with Crippen LogP contribution in [0.3, 0.4) is 0 Å². The molecule has 94 valence electrons. The molecule has 3 rings (SSSR count). The van der Waals surface area contributed by atoms with Gasteiger partial charge in [-0.05, 0) is 36.8 Å². The Hall–Kier alpha value is -1.41. The largest absolute Gasteiger partial charge is 0.311 e. The maximum absolute atomic E-state index is 4.68. The fraction of sp³-hybridized carbons (Fsp3) is 0.438. The summed E-state index contributed by atoms with van der Waals surface area (Å²) in [6.07, 6.45) is 4.08. The van der Waals surface area contributed by atoms with Crippen LogP contribution in [0, 0.1) is 5.41 Å². The summed E-state index contributed by atoms with van der Waals surface area (Å²) in [7, 11) is 0. The molecule has 1 saturated carbocycles. The van der Waals surface area contributed by atoms with Gasteiger partial charge in [-0.25, -0.2) is 0 Å². The van der Waals surface area contributed by atoms with Crippen LogP contribution in [0.5, 0.6) is 0 Å². The molecule has 1 aliphatic carbocycles. The molecule has 0 radical (unpaired) electrons. The molecule has 1 aliphatic rings. The van der Waals surface area contributed by atoms with Crippen LogP contribution in [-0.2, 0) is 6.54 Å². The van der Waals surface area contributed by atoms with Crippen molar-refractivity contribution in [3.8, 4) is 0 Å². The van der Waals surface area contributed by atoms with E-state index in [0.717, 1.165) is 24.3 Å². The molecule has 2 nitrogen and oxygen atoms in total. The molecule has 1 N–H and O–H groups in total. The van der Waals surface area contributed by atoms with Gasteiger partial charge in [0.25, 0.3) is 0 Å². The Kier molecular flexibility index (Phi) is 3.04. The highest BCUT2D eigenvalue weighted by atomic mass is 14.9. The van der Waals surface area contributed by atoms with Gasteiger partial charge in [0.15, 0.2) is 0 Å². The number of rotatable bonds is 5. The first-order valence-electron chi connectivity index (χ1n) is 6.87. The highest BCUT2D eigenvalue weighted by Crippen LogP contribution is 2.47. The van der Waals surface area contributed by atoms with Crippen molar-refractivity contribution in [3.05, 3.63) is 42.1 Å². The summed E-state index contributed by atoms with van der Waals surface area (Å²) in [5.41, 5.74) is 2.84. The lowest BCUT2D eigenvalue weighted by molar-refractivity contribution is 0.442. The molecule has 2 aromatic rings. The molecule has 1 aromatic heterocycles. The zero-order chi connectivity index (χ0) is 12.4. The maximum atomic E-state index is 4.68. The van der Waals surface area contributed by atoms with E-state index in [0.29, 0.717) is 5.41 Å². The average molecular weight is 240 g/mol. The van der Waals surface area contributed by atoms with Crippen LogP contribution >= 0.6 is 0 Å². The van der Waals surface area contributed by atoms with E-state index in [2.05, 4.69) is 47.6 Å². The summed E-state index contributed by atoms with van der Waals surface area (Å²) in [6.45, 7) is 4.31. The van der Waals surface area contributed by atoms with Crippen LogP contribution in [0.2, 0.25) is 0 Å². The van der Waals surface area contributed by atoms with Gasteiger partial charge in [-0.3, -0.25) is 4.98 Å². The number of fused-ring (bicyclic) bond motifs is 1. The molecular weight excluding hydrogens is 220 g/mol. The van der Waals surface area contributed by atoms with Gasteiger partial charge >= 0.3 is 0 Å². The molecule has 0 saturated heterocycles. The van der Waals surface area contributed by atoms with Crippen molar-refractivity contribution in [2.45, 2.75) is 32.7 Å². The lowest BCUT2D eigenvalue weighted by Crippen LogP contribution is -2.23. The van der Waals surface area contributed by atoms with Crippen LogP contribution in [0.1, 0.15) is 31.9 Å². The summed E-state index contributed by atoms with van der Waals surface area (Å²) in [5.74, 6) is 0. The van der Waals surface area contributed by atoms with E-state index < -0.39 is 0 Å². The average Bonchev–Trinajstić information content (AvgIpc) is 3.19. The molecular formula is C16H20N2. The Morgan fingerprint density at radius 2 is 2.00 bits per heavy atom. The lowest BCUT2D eigenvalue weighted by Gasteiger charge is -2.13. The van der Waals surface area contributed by atoms with Gasteiger partial charge in [-0.2, -0.15) is 0 Å². The number of nitrogens with one attached hydrogen (secondary N) is 1. The number of benzene rings is 1. The summed E-state index contributed by atoms with van der Waals surface area (Å²) in [4.78, 5) is 4.68. The van der Waals surface area contributed by atoms with Crippen molar-refractivity contribution in [2.75, 3.05) is 6.54 Å². The fourth-order valence-corrected chi connectivity index (χ4v) is 2.49. The molecule has 1 aromatic carbocycles. The van der Waals surface area contributed by atoms with Crippen molar-refractivity contribution < 1.29 is 0 Å². The predicted octanol–water partition coefficient (Wildman–Crippen LogP) is 3.51. The van der Waals surface area contributed by atoms with Gasteiger partial charge in [0.1, 0.15) is 0 Å². The normalized spacial score (nSPS) is 16.9. The van der Waals surface area contributed by atoms with E-state index in [1.54, 1.807) is 0 Å². The Labute approximate surface area is 108 Å². The second kappa shape index (κ2) is 4.69. The molecule has 1 fully saturated rings. The van der Waals surface area contributed by atoms with Crippen LogP contribution in [-0.4, -0.2) is 11.5 Å². The predicted molar refractivity (Wildman–Crippen MR) is 75.4 cm³/mol. The Balaban J connectivity index is 1.64. The molecule has 2 heteroatoms. The number of hydrogen-bond donors (Lipinski definition) is 1. The monoisotopic (exact) mass is 240 g/mol. The van der Waals surface area contributed by atoms with Gasteiger partial charge in [-0.15, -0.1) is 0 Å². The Bertz CT molecular complexity index is 544. The van der Waals surface area contributed by atoms with Crippen LogP contribution in [0.15, 0.2) is 36.4 Å². The second-order valence-electron chi connectivity index (χ2n) is 5.45. The zero-order valence-electron chi connectivity index (χ0n) is 10.9. The first kappa shape index (κ1) is 11.7. The van der Waals surface area contributed by atoms with Crippen LogP contribution in [0.4, 0.5) is 0 Å². The minimum atomic E-state index is 0.608. The van der Waals surface area contributed by atoms with Crippen molar-refractivity contribution >= 4 is 10.9 Å². The first-order valence-corrected chi connectivity index (χ1v) is 6.87. The van der Waals surface area contributed by atoms with Crippen LogP contribution < -0.4 is 5.32 Å². The SMILES string of the molecule is CCC1(CNCc2ccc3ccccc3n2)CC1. The molecule has 0 spiro atoms. The van der Waals surface area contributed by atoms with E-state index in [1.807, 2.05) is 6.07 Å². The van der Waals surface area contributed by atoms with Gasteiger partial charge in [-0.1, -0.05) is 31.2 Å². The number of hydrogen-bond acceptors (Lipinski definition) is 2. The number of aromatic nitrogens is 1. The lowest BCUT2D eigenvalue weighted by atomic mass is 10.0. The third kappa shape index (κ3) is 2.39. The summed E-state index contributed by atoms with van der Waals surface area (Å²) in [6, 6.07) is 12.6. The summed E-state index contributed by atoms with van der Waals surface area (Å²) < 4.78 is 0. The van der Waals surface area contributed by atoms with Gasteiger partial charge in [0.2, 0.25) is 0 Å². The van der Waals surface area contributed by atoms with E-state index >= 15 is 0 Å². The molecule has 1 heterocycles.